The van der Waals surface area contributed by atoms with Crippen molar-refractivity contribution in [1.82, 2.24) is 15.0 Å². The van der Waals surface area contributed by atoms with Gasteiger partial charge in [-0.15, -0.1) is 16.4 Å². The summed E-state index contributed by atoms with van der Waals surface area (Å²) in [6, 6.07) is 35.8. The molecule has 6 aromatic rings. The first kappa shape index (κ1) is 24.3. The summed E-state index contributed by atoms with van der Waals surface area (Å²) in [6.45, 7) is 0.599. The van der Waals surface area contributed by atoms with Gasteiger partial charge in [-0.05, 0) is 58.0 Å². The third kappa shape index (κ3) is 5.49. The van der Waals surface area contributed by atoms with Crippen LogP contribution >= 0.6 is 11.3 Å². The van der Waals surface area contributed by atoms with E-state index < -0.39 is 0 Å². The highest BCUT2D eigenvalue weighted by atomic mass is 32.1. The summed E-state index contributed by atoms with van der Waals surface area (Å²) in [6.07, 6.45) is 1.89. The lowest BCUT2D eigenvalue weighted by Gasteiger charge is -2.10. The first-order chi connectivity index (χ1) is 19.1. The Hall–Kier alpha value is -5.01. The van der Waals surface area contributed by atoms with E-state index in [0.717, 1.165) is 21.6 Å². The smallest absolute Gasteiger partial charge is 0.255 e. The molecular weight excluding hydrogens is 502 g/mol. The maximum atomic E-state index is 13.1. The maximum Gasteiger partial charge on any atom is 0.255 e. The van der Waals surface area contributed by atoms with Crippen LogP contribution in [0, 0.1) is 0 Å². The molecule has 4 aromatic carbocycles. The zero-order valence-electron chi connectivity index (χ0n) is 21.0. The van der Waals surface area contributed by atoms with Gasteiger partial charge in [0.25, 0.3) is 5.91 Å². The quantitative estimate of drug-likeness (QED) is 0.215. The second-order valence-corrected chi connectivity index (χ2v) is 10.1. The lowest BCUT2D eigenvalue weighted by molar-refractivity contribution is 0.102. The van der Waals surface area contributed by atoms with E-state index in [2.05, 4.69) is 52.0 Å². The Morgan fingerprint density at radius 2 is 1.56 bits per heavy atom. The van der Waals surface area contributed by atoms with Crippen LogP contribution in [0.1, 0.15) is 15.9 Å². The van der Waals surface area contributed by atoms with Crippen molar-refractivity contribution < 1.29 is 4.79 Å². The zero-order valence-corrected chi connectivity index (χ0v) is 21.8. The number of benzene rings is 4. The molecule has 190 valence electrons. The summed E-state index contributed by atoms with van der Waals surface area (Å²) in [5.41, 5.74) is 13.8. The van der Waals surface area contributed by atoms with Crippen molar-refractivity contribution in [3.05, 3.63) is 132 Å². The number of carbonyl (C=O) groups is 1. The van der Waals surface area contributed by atoms with Gasteiger partial charge in [0, 0.05) is 16.0 Å². The van der Waals surface area contributed by atoms with E-state index in [4.69, 9.17) is 5.73 Å². The van der Waals surface area contributed by atoms with Crippen molar-refractivity contribution >= 4 is 28.6 Å². The molecule has 6 rings (SSSR count). The summed E-state index contributed by atoms with van der Waals surface area (Å²) in [7, 11) is 0. The minimum Gasteiger partial charge on any atom is -0.397 e. The molecule has 0 aliphatic carbocycles. The summed E-state index contributed by atoms with van der Waals surface area (Å²) < 4.78 is 1.80. The second kappa shape index (κ2) is 10.8. The number of anilines is 2. The first-order valence-corrected chi connectivity index (χ1v) is 13.4. The number of nitrogens with one attached hydrogen (secondary N) is 1. The van der Waals surface area contributed by atoms with Gasteiger partial charge in [-0.25, -0.2) is 4.68 Å². The largest absolute Gasteiger partial charge is 0.397 e. The van der Waals surface area contributed by atoms with Crippen LogP contribution < -0.4 is 11.1 Å². The summed E-state index contributed by atoms with van der Waals surface area (Å²) in [5, 5.41) is 13.6. The minimum atomic E-state index is -0.238. The Morgan fingerprint density at radius 3 is 2.36 bits per heavy atom. The van der Waals surface area contributed by atoms with Crippen molar-refractivity contribution in [3.8, 4) is 32.8 Å². The van der Waals surface area contributed by atoms with Gasteiger partial charge in [-0.2, -0.15) is 0 Å². The fraction of sp³-hybridized carbons (Fsp3) is 0.0312. The molecule has 0 atom stereocenters. The van der Waals surface area contributed by atoms with Crippen LogP contribution in [-0.2, 0) is 6.54 Å². The molecule has 0 unspecified atom stereocenters. The highest BCUT2D eigenvalue weighted by Crippen LogP contribution is 2.30. The van der Waals surface area contributed by atoms with E-state index in [1.807, 2.05) is 78.3 Å². The van der Waals surface area contributed by atoms with Crippen molar-refractivity contribution in [3.63, 3.8) is 0 Å². The van der Waals surface area contributed by atoms with Crippen molar-refractivity contribution in [2.75, 3.05) is 11.1 Å². The Balaban J connectivity index is 1.16. The molecule has 6 nitrogen and oxygen atoms in total. The summed E-state index contributed by atoms with van der Waals surface area (Å²) in [5.74, 6) is -0.238. The van der Waals surface area contributed by atoms with Gasteiger partial charge in [-0.3, -0.25) is 4.79 Å². The number of hydrogen-bond donors (Lipinski definition) is 2. The van der Waals surface area contributed by atoms with Gasteiger partial charge in [0.15, 0.2) is 0 Å². The third-order valence-corrected chi connectivity index (χ3v) is 7.39. The molecule has 2 aromatic heterocycles. The van der Waals surface area contributed by atoms with E-state index in [1.54, 1.807) is 22.1 Å². The lowest BCUT2D eigenvalue weighted by Crippen LogP contribution is -2.13. The Morgan fingerprint density at radius 1 is 0.795 bits per heavy atom. The lowest BCUT2D eigenvalue weighted by atomic mass is 10.0. The molecule has 0 aliphatic heterocycles. The standard InChI is InChI=1S/C32H25N5OS/c33-28-16-15-26(31-10-5-17-39-31)19-29(28)34-32(38)27-9-4-8-25(18-27)30-21-37(36-35-30)20-22-11-13-24(14-12-22)23-6-2-1-3-7-23/h1-19,21H,20,33H2,(H,34,38). The molecule has 0 fully saturated rings. The molecule has 39 heavy (non-hydrogen) atoms. The number of aromatic nitrogens is 3. The SMILES string of the molecule is Nc1ccc(-c2cccs2)cc1NC(=O)c1cccc(-c2cn(Cc3ccc(-c4ccccc4)cc3)nn2)c1. The number of carbonyl (C=O) groups excluding carboxylic acids is 1. The van der Waals surface area contributed by atoms with E-state index in [0.29, 0.717) is 29.2 Å². The second-order valence-electron chi connectivity index (χ2n) is 9.18. The van der Waals surface area contributed by atoms with Gasteiger partial charge in [0.05, 0.1) is 24.1 Å². The van der Waals surface area contributed by atoms with Crippen LogP contribution in [0.15, 0.2) is 121 Å². The Labute approximate surface area is 230 Å². The van der Waals surface area contributed by atoms with Gasteiger partial charge >= 0.3 is 0 Å². The average Bonchev–Trinajstić information content (AvgIpc) is 3.68. The fourth-order valence-corrected chi connectivity index (χ4v) is 5.13. The average molecular weight is 528 g/mol. The maximum absolute atomic E-state index is 13.1. The predicted octanol–water partition coefficient (Wildman–Crippen LogP) is 7.22. The van der Waals surface area contributed by atoms with Gasteiger partial charge in [-0.1, -0.05) is 84.1 Å². The van der Waals surface area contributed by atoms with Gasteiger partial charge in [0.1, 0.15) is 5.69 Å². The van der Waals surface area contributed by atoms with Crippen LogP contribution in [0.2, 0.25) is 0 Å². The van der Waals surface area contributed by atoms with E-state index in [-0.39, 0.29) is 5.91 Å². The number of hydrogen-bond acceptors (Lipinski definition) is 5. The van der Waals surface area contributed by atoms with Gasteiger partial charge < -0.3 is 11.1 Å². The summed E-state index contributed by atoms with van der Waals surface area (Å²) >= 11 is 1.64. The van der Waals surface area contributed by atoms with E-state index >= 15 is 0 Å². The van der Waals surface area contributed by atoms with E-state index in [1.165, 1.54) is 11.1 Å². The minimum absolute atomic E-state index is 0.238. The molecule has 2 heterocycles. The number of nitrogen functional groups attached to an aromatic ring is 1. The zero-order chi connectivity index (χ0) is 26.6. The van der Waals surface area contributed by atoms with Crippen LogP contribution in [-0.4, -0.2) is 20.9 Å². The van der Waals surface area contributed by atoms with Crippen molar-refractivity contribution in [1.29, 1.82) is 0 Å². The van der Waals surface area contributed by atoms with Crippen LogP contribution in [0.3, 0.4) is 0 Å². The number of nitrogens with two attached hydrogens (primary N) is 1. The number of thiophene rings is 1. The highest BCUT2D eigenvalue weighted by molar-refractivity contribution is 7.13. The molecule has 0 radical (unpaired) electrons. The topological polar surface area (TPSA) is 85.8 Å². The van der Waals surface area contributed by atoms with Crippen molar-refractivity contribution in [2.45, 2.75) is 6.54 Å². The molecule has 1 amide bonds. The van der Waals surface area contributed by atoms with Crippen LogP contribution in [0.5, 0.6) is 0 Å². The molecule has 3 N–H and O–H groups in total. The molecular formula is C32H25N5OS. The Kier molecular flexibility index (Phi) is 6.72. The third-order valence-electron chi connectivity index (χ3n) is 6.47. The van der Waals surface area contributed by atoms with E-state index in [9.17, 15) is 4.79 Å². The Bertz CT molecular complexity index is 1720. The molecule has 0 spiro atoms. The highest BCUT2D eigenvalue weighted by Gasteiger charge is 2.13. The van der Waals surface area contributed by atoms with Crippen LogP contribution in [0.25, 0.3) is 32.8 Å². The number of nitrogens with zero attached hydrogens (tertiary/aromatic N) is 3. The monoisotopic (exact) mass is 527 g/mol. The predicted molar refractivity (Wildman–Crippen MR) is 159 cm³/mol. The summed E-state index contributed by atoms with van der Waals surface area (Å²) in [4.78, 5) is 14.2. The molecule has 0 aliphatic rings. The van der Waals surface area contributed by atoms with Crippen molar-refractivity contribution in [2.24, 2.45) is 0 Å². The first-order valence-electron chi connectivity index (χ1n) is 12.5. The number of amides is 1. The molecule has 0 saturated carbocycles. The van der Waals surface area contributed by atoms with Gasteiger partial charge in [0.2, 0.25) is 0 Å². The van der Waals surface area contributed by atoms with Crippen LogP contribution in [0.4, 0.5) is 11.4 Å². The molecule has 0 saturated heterocycles. The number of rotatable bonds is 7. The normalized spacial score (nSPS) is 10.9. The molecule has 0 bridgehead atoms. The fourth-order valence-electron chi connectivity index (χ4n) is 4.40. The molecule has 7 heteroatoms.